The highest BCUT2D eigenvalue weighted by Gasteiger charge is 2.33. The van der Waals surface area contributed by atoms with Crippen molar-refractivity contribution in [1.29, 1.82) is 0 Å². The number of carbonyl (C=O) groups is 2. The lowest BCUT2D eigenvalue weighted by molar-refractivity contribution is -0.169. The molecule has 0 heterocycles. The molecular weight excluding hydrogens is 160 g/mol. The summed E-state index contributed by atoms with van der Waals surface area (Å²) in [4.78, 5) is 21.1. The number of carbonyl (C=O) groups excluding carboxylic acids is 1. The summed E-state index contributed by atoms with van der Waals surface area (Å²) in [5, 5.41) is 8.68. The number of rotatable bonds is 3. The highest BCUT2D eigenvalue weighted by molar-refractivity contribution is 5.83. The summed E-state index contributed by atoms with van der Waals surface area (Å²) in [5.41, 5.74) is -1.54. The Hall–Kier alpha value is -1.32. The molecule has 0 bridgehead atoms. The Morgan fingerprint density at radius 2 is 2.00 bits per heavy atom. The fourth-order valence-corrected chi connectivity index (χ4v) is 0.766. The Kier molecular flexibility index (Phi) is 3.47. The van der Waals surface area contributed by atoms with Crippen LogP contribution in [0.1, 0.15) is 20.8 Å². The molecule has 1 unspecified atom stereocenters. The zero-order valence-electron chi connectivity index (χ0n) is 7.33. The maximum Gasteiger partial charge on any atom is 0.352 e. The molecule has 0 saturated carbocycles. The maximum absolute atomic E-state index is 10.6. The molecule has 0 saturated heterocycles. The molecule has 1 atom stereocenters. The number of allylic oxidation sites excluding steroid dienone is 1. The van der Waals surface area contributed by atoms with Gasteiger partial charge in [-0.15, -0.1) is 0 Å². The van der Waals surface area contributed by atoms with E-state index in [1.165, 1.54) is 26.0 Å². The van der Waals surface area contributed by atoms with Gasteiger partial charge >= 0.3 is 11.9 Å². The quantitative estimate of drug-likeness (QED) is 0.509. The number of aliphatic carboxylic acids is 1. The molecule has 12 heavy (non-hydrogen) atoms. The number of ether oxygens (including phenoxy) is 1. The molecule has 0 spiro atoms. The smallest absolute Gasteiger partial charge is 0.352 e. The third-order valence-electron chi connectivity index (χ3n) is 1.27. The van der Waals surface area contributed by atoms with E-state index in [-0.39, 0.29) is 0 Å². The van der Waals surface area contributed by atoms with Crippen LogP contribution in [0, 0.1) is 0 Å². The summed E-state index contributed by atoms with van der Waals surface area (Å²) in [5.74, 6) is -1.80. The van der Waals surface area contributed by atoms with Crippen LogP contribution in [0.2, 0.25) is 0 Å². The van der Waals surface area contributed by atoms with Crippen molar-refractivity contribution in [2.45, 2.75) is 26.4 Å². The first-order valence-electron chi connectivity index (χ1n) is 3.49. The molecule has 0 fully saturated rings. The molecule has 0 aliphatic rings. The van der Waals surface area contributed by atoms with E-state index in [0.29, 0.717) is 0 Å². The summed E-state index contributed by atoms with van der Waals surface area (Å²) >= 11 is 0. The van der Waals surface area contributed by atoms with Crippen LogP contribution in [0.3, 0.4) is 0 Å². The van der Waals surface area contributed by atoms with E-state index < -0.39 is 17.5 Å². The summed E-state index contributed by atoms with van der Waals surface area (Å²) in [7, 11) is 0. The zero-order chi connectivity index (χ0) is 9.78. The minimum absolute atomic E-state index is 0.613. The van der Waals surface area contributed by atoms with Gasteiger partial charge < -0.3 is 9.84 Å². The fraction of sp³-hybridized carbons (Fsp3) is 0.500. The Labute approximate surface area is 70.8 Å². The predicted octanol–water partition coefficient (Wildman–Crippen LogP) is 0.969. The molecule has 0 radical (unpaired) electrons. The highest BCUT2D eigenvalue weighted by atomic mass is 16.6. The SMILES string of the molecule is CC=CC(C)(OC(C)=O)C(=O)O. The molecule has 0 amide bonds. The van der Waals surface area contributed by atoms with Gasteiger partial charge in [-0.05, 0) is 19.9 Å². The molecule has 0 aromatic rings. The van der Waals surface area contributed by atoms with Crippen LogP contribution < -0.4 is 0 Å². The van der Waals surface area contributed by atoms with Crippen molar-refractivity contribution >= 4 is 11.9 Å². The molecule has 4 heteroatoms. The van der Waals surface area contributed by atoms with Crippen LogP contribution in [0.4, 0.5) is 0 Å². The van der Waals surface area contributed by atoms with E-state index in [1.807, 2.05) is 0 Å². The van der Waals surface area contributed by atoms with Crippen LogP contribution in [0.5, 0.6) is 0 Å². The van der Waals surface area contributed by atoms with Crippen molar-refractivity contribution < 1.29 is 19.4 Å². The van der Waals surface area contributed by atoms with Gasteiger partial charge in [0, 0.05) is 6.92 Å². The van der Waals surface area contributed by atoms with E-state index in [1.54, 1.807) is 6.92 Å². The van der Waals surface area contributed by atoms with E-state index in [9.17, 15) is 9.59 Å². The predicted molar refractivity (Wildman–Crippen MR) is 42.6 cm³/mol. The second kappa shape index (κ2) is 3.90. The van der Waals surface area contributed by atoms with Crippen molar-refractivity contribution in [3.05, 3.63) is 12.2 Å². The second-order valence-corrected chi connectivity index (χ2v) is 2.51. The largest absolute Gasteiger partial charge is 0.478 e. The van der Waals surface area contributed by atoms with Crippen LogP contribution in [0.15, 0.2) is 12.2 Å². The highest BCUT2D eigenvalue weighted by Crippen LogP contribution is 2.12. The number of esters is 1. The van der Waals surface area contributed by atoms with Gasteiger partial charge in [-0.1, -0.05) is 6.08 Å². The Morgan fingerprint density at radius 3 is 2.25 bits per heavy atom. The second-order valence-electron chi connectivity index (χ2n) is 2.51. The number of hydrogen-bond acceptors (Lipinski definition) is 3. The average Bonchev–Trinajstić information content (AvgIpc) is 1.85. The first kappa shape index (κ1) is 10.7. The van der Waals surface area contributed by atoms with Gasteiger partial charge in [0.2, 0.25) is 5.60 Å². The Morgan fingerprint density at radius 1 is 1.50 bits per heavy atom. The Balaban J connectivity index is 4.62. The van der Waals surface area contributed by atoms with Crippen LogP contribution in [0.25, 0.3) is 0 Å². The molecule has 68 valence electrons. The van der Waals surface area contributed by atoms with E-state index in [4.69, 9.17) is 5.11 Å². The topological polar surface area (TPSA) is 63.6 Å². The monoisotopic (exact) mass is 172 g/mol. The normalized spacial score (nSPS) is 15.6. The van der Waals surface area contributed by atoms with Crippen molar-refractivity contribution in [3.8, 4) is 0 Å². The van der Waals surface area contributed by atoms with E-state index in [0.717, 1.165) is 0 Å². The minimum atomic E-state index is -1.54. The average molecular weight is 172 g/mol. The molecule has 0 rings (SSSR count). The van der Waals surface area contributed by atoms with Gasteiger partial charge in [-0.3, -0.25) is 4.79 Å². The van der Waals surface area contributed by atoms with E-state index >= 15 is 0 Å². The third kappa shape index (κ3) is 2.74. The van der Waals surface area contributed by atoms with Gasteiger partial charge in [0.25, 0.3) is 0 Å². The molecule has 4 nitrogen and oxygen atoms in total. The summed E-state index contributed by atoms with van der Waals surface area (Å²) in [6, 6.07) is 0. The number of hydrogen-bond donors (Lipinski definition) is 1. The van der Waals surface area contributed by atoms with Gasteiger partial charge in [0.1, 0.15) is 0 Å². The van der Waals surface area contributed by atoms with Crippen molar-refractivity contribution in [2.24, 2.45) is 0 Å². The lowest BCUT2D eigenvalue weighted by Gasteiger charge is -2.19. The van der Waals surface area contributed by atoms with Gasteiger partial charge in [0.05, 0.1) is 0 Å². The van der Waals surface area contributed by atoms with E-state index in [2.05, 4.69) is 4.74 Å². The van der Waals surface area contributed by atoms with Crippen LogP contribution >= 0.6 is 0 Å². The van der Waals surface area contributed by atoms with Gasteiger partial charge in [-0.25, -0.2) is 4.79 Å². The standard InChI is InChI=1S/C8H12O4/c1-4-5-8(3,7(10)11)12-6(2)9/h4-5H,1-3H3,(H,10,11). The lowest BCUT2D eigenvalue weighted by Crippen LogP contribution is -2.37. The fourth-order valence-electron chi connectivity index (χ4n) is 0.766. The van der Waals surface area contributed by atoms with Crippen molar-refractivity contribution in [3.63, 3.8) is 0 Å². The minimum Gasteiger partial charge on any atom is -0.478 e. The molecule has 0 aliphatic heterocycles. The molecule has 1 N–H and O–H groups in total. The molecular formula is C8H12O4. The summed E-state index contributed by atoms with van der Waals surface area (Å²) in [6.07, 6.45) is 2.84. The first-order chi connectivity index (χ1) is 5.42. The van der Waals surface area contributed by atoms with Gasteiger partial charge in [0.15, 0.2) is 0 Å². The van der Waals surface area contributed by atoms with Gasteiger partial charge in [-0.2, -0.15) is 0 Å². The molecule has 0 aliphatic carbocycles. The third-order valence-corrected chi connectivity index (χ3v) is 1.27. The van der Waals surface area contributed by atoms with Crippen molar-refractivity contribution in [2.75, 3.05) is 0 Å². The number of carboxylic acid groups (broad SMARTS) is 1. The van der Waals surface area contributed by atoms with Crippen LogP contribution in [-0.2, 0) is 14.3 Å². The summed E-state index contributed by atoms with van der Waals surface area (Å²) in [6.45, 7) is 4.14. The van der Waals surface area contributed by atoms with Crippen LogP contribution in [-0.4, -0.2) is 22.6 Å². The zero-order valence-corrected chi connectivity index (χ0v) is 7.33. The Bertz CT molecular complexity index is 219. The summed E-state index contributed by atoms with van der Waals surface area (Å²) < 4.78 is 4.61. The van der Waals surface area contributed by atoms with Crippen molar-refractivity contribution in [1.82, 2.24) is 0 Å². The molecule has 0 aromatic carbocycles. The maximum atomic E-state index is 10.6. The number of carboxylic acids is 1. The first-order valence-corrected chi connectivity index (χ1v) is 3.49. The molecule has 0 aromatic heterocycles. The lowest BCUT2D eigenvalue weighted by atomic mass is 10.1.